The Morgan fingerprint density at radius 3 is 2.26 bits per heavy atom. The number of rotatable bonds is 8. The number of ketones is 1. The van der Waals surface area contributed by atoms with Crippen molar-refractivity contribution in [1.82, 2.24) is 14.7 Å². The molecule has 0 bridgehead atoms. The van der Waals surface area contributed by atoms with Gasteiger partial charge in [0.15, 0.2) is 12.1 Å². The zero-order valence-corrected chi connectivity index (χ0v) is 29.3. The van der Waals surface area contributed by atoms with Crippen molar-refractivity contribution in [3.05, 3.63) is 0 Å². The molecule has 1 aliphatic carbocycles. The number of hydrogen-bond donors (Lipinski definition) is 0. The Balaban J connectivity index is 1.84. The number of likely N-dealkylation sites (N-methyl/N-ethyl adjacent to an activating group) is 1. The van der Waals surface area contributed by atoms with E-state index in [1.54, 1.807) is 14.0 Å². The molecule has 2 heterocycles. The van der Waals surface area contributed by atoms with Crippen LogP contribution in [0.2, 0.25) is 0 Å². The van der Waals surface area contributed by atoms with Gasteiger partial charge in [-0.15, -0.1) is 0 Å². The van der Waals surface area contributed by atoms with Gasteiger partial charge < -0.3 is 28.7 Å². The number of carbonyl (C=O) groups is 2. The summed E-state index contributed by atoms with van der Waals surface area (Å²) in [5.74, 6) is -0.786. The van der Waals surface area contributed by atoms with Gasteiger partial charge in [0.05, 0.1) is 17.8 Å². The van der Waals surface area contributed by atoms with Gasteiger partial charge in [0, 0.05) is 50.7 Å². The SMILES string of the molecule is CO[C@]1(C)C[C@@H](C)CN(C)[C@H](C2CC(N(C)CC(C)C)C2)COC(=O)[C@H](C)C(=O)[C@H](C)[C@H]1O[C@H]1C[C@@H](N(C)C)C[C@@H](C)O1. The number of carbonyl (C=O) groups excluding carboxylic acids is 2. The Bertz CT molecular complexity index is 911. The highest BCUT2D eigenvalue weighted by Crippen LogP contribution is 2.39. The van der Waals surface area contributed by atoms with E-state index in [0.717, 1.165) is 32.4 Å². The highest BCUT2D eigenvalue weighted by Gasteiger charge is 2.48. The molecule has 2 aliphatic heterocycles. The topological polar surface area (TPSA) is 80.8 Å². The second kappa shape index (κ2) is 15.5. The van der Waals surface area contributed by atoms with Crippen LogP contribution < -0.4 is 0 Å². The average Bonchev–Trinajstić information content (AvgIpc) is 2.89. The van der Waals surface area contributed by atoms with Crippen molar-refractivity contribution in [3.63, 3.8) is 0 Å². The van der Waals surface area contributed by atoms with Crippen molar-refractivity contribution in [2.75, 3.05) is 55.0 Å². The minimum absolute atomic E-state index is 0.0374. The average molecular weight is 610 g/mol. The maximum absolute atomic E-state index is 13.9. The molecule has 3 fully saturated rings. The molecule has 2 saturated heterocycles. The molecule has 0 N–H and O–H groups in total. The summed E-state index contributed by atoms with van der Waals surface area (Å²) in [6, 6.07) is 0.987. The third-order valence-electron chi connectivity index (χ3n) is 10.5. The Hall–Kier alpha value is -1.10. The van der Waals surface area contributed by atoms with Crippen LogP contribution in [-0.2, 0) is 28.5 Å². The molecule has 9 heteroatoms. The molecule has 9 atom stereocenters. The van der Waals surface area contributed by atoms with Crippen LogP contribution in [0.4, 0.5) is 0 Å². The van der Waals surface area contributed by atoms with Crippen LogP contribution in [0.15, 0.2) is 0 Å². The molecule has 3 aliphatic rings. The molecule has 0 amide bonds. The second-order valence-electron chi connectivity index (χ2n) is 15.1. The monoisotopic (exact) mass is 609 g/mol. The van der Waals surface area contributed by atoms with Crippen LogP contribution in [0, 0.1) is 29.6 Å². The van der Waals surface area contributed by atoms with Gasteiger partial charge >= 0.3 is 5.97 Å². The van der Waals surface area contributed by atoms with Crippen LogP contribution >= 0.6 is 0 Å². The lowest BCUT2D eigenvalue weighted by atomic mass is 9.74. The third-order valence-corrected chi connectivity index (χ3v) is 10.5. The van der Waals surface area contributed by atoms with E-state index in [9.17, 15) is 9.59 Å². The number of methoxy groups -OCH3 is 1. The Kier molecular flexibility index (Phi) is 13.1. The summed E-state index contributed by atoms with van der Waals surface area (Å²) >= 11 is 0. The molecule has 0 aromatic carbocycles. The van der Waals surface area contributed by atoms with E-state index >= 15 is 0 Å². The van der Waals surface area contributed by atoms with Crippen LogP contribution in [0.1, 0.15) is 80.6 Å². The molecule has 3 rings (SSSR count). The van der Waals surface area contributed by atoms with Gasteiger partial charge in [-0.1, -0.05) is 27.7 Å². The van der Waals surface area contributed by atoms with E-state index in [0.29, 0.717) is 43.4 Å². The highest BCUT2D eigenvalue weighted by atomic mass is 16.7. The fraction of sp³-hybridized carbons (Fsp3) is 0.941. The summed E-state index contributed by atoms with van der Waals surface area (Å²) in [5.41, 5.74) is -0.763. The summed E-state index contributed by atoms with van der Waals surface area (Å²) in [6.07, 6.45) is 3.51. The Morgan fingerprint density at radius 1 is 1.02 bits per heavy atom. The lowest BCUT2D eigenvalue weighted by molar-refractivity contribution is -0.262. The molecule has 43 heavy (non-hydrogen) atoms. The molecule has 0 aromatic rings. The van der Waals surface area contributed by atoms with Gasteiger partial charge in [-0.05, 0) is 92.4 Å². The van der Waals surface area contributed by atoms with Crippen molar-refractivity contribution in [2.24, 2.45) is 29.6 Å². The molecular formula is C34H63N3O6. The number of cyclic esters (lactones) is 1. The lowest BCUT2D eigenvalue weighted by Gasteiger charge is -2.48. The summed E-state index contributed by atoms with van der Waals surface area (Å²) < 4.78 is 25.2. The van der Waals surface area contributed by atoms with Gasteiger partial charge in [0.2, 0.25) is 0 Å². The van der Waals surface area contributed by atoms with Gasteiger partial charge in [0.1, 0.15) is 12.5 Å². The van der Waals surface area contributed by atoms with Gasteiger partial charge in [-0.3, -0.25) is 14.5 Å². The van der Waals surface area contributed by atoms with Gasteiger partial charge in [0.25, 0.3) is 0 Å². The normalized spacial score (nSPS) is 41.0. The van der Waals surface area contributed by atoms with Crippen LogP contribution in [0.5, 0.6) is 0 Å². The molecule has 1 saturated carbocycles. The van der Waals surface area contributed by atoms with Crippen molar-refractivity contribution >= 4 is 11.8 Å². The molecule has 0 aromatic heterocycles. The molecule has 0 unspecified atom stereocenters. The zero-order chi connectivity index (χ0) is 32.2. The predicted octanol–water partition coefficient (Wildman–Crippen LogP) is 4.32. The first kappa shape index (κ1) is 36.4. The number of esters is 1. The third kappa shape index (κ3) is 9.23. The summed E-state index contributed by atoms with van der Waals surface area (Å²) in [5, 5.41) is 0. The van der Waals surface area contributed by atoms with Crippen LogP contribution in [0.25, 0.3) is 0 Å². The molecular weight excluding hydrogens is 546 g/mol. The maximum atomic E-state index is 13.9. The first-order chi connectivity index (χ1) is 20.1. The van der Waals surface area contributed by atoms with E-state index in [-0.39, 0.29) is 23.8 Å². The fourth-order valence-corrected chi connectivity index (χ4v) is 7.84. The fourth-order valence-electron chi connectivity index (χ4n) is 7.84. The summed E-state index contributed by atoms with van der Waals surface area (Å²) in [7, 11) is 10.2. The minimum Gasteiger partial charge on any atom is -0.463 e. The van der Waals surface area contributed by atoms with Crippen molar-refractivity contribution in [2.45, 2.75) is 123 Å². The van der Waals surface area contributed by atoms with Crippen molar-refractivity contribution in [1.29, 1.82) is 0 Å². The largest absolute Gasteiger partial charge is 0.463 e. The van der Waals surface area contributed by atoms with Crippen LogP contribution in [-0.4, -0.2) is 124 Å². The lowest BCUT2D eigenvalue weighted by Crippen LogP contribution is -2.55. The number of Topliss-reactive ketones (excluding diaryl/α,β-unsaturated/α-hetero) is 1. The number of ether oxygens (including phenoxy) is 4. The number of nitrogens with zero attached hydrogens (tertiary/aromatic N) is 3. The molecule has 9 nitrogen and oxygen atoms in total. The van der Waals surface area contributed by atoms with Crippen molar-refractivity contribution < 1.29 is 28.5 Å². The first-order valence-electron chi connectivity index (χ1n) is 16.7. The van der Waals surface area contributed by atoms with Gasteiger partial charge in [-0.25, -0.2) is 0 Å². The Labute approximate surface area is 262 Å². The van der Waals surface area contributed by atoms with Gasteiger partial charge in [-0.2, -0.15) is 0 Å². The summed E-state index contributed by atoms with van der Waals surface area (Å²) in [6.45, 7) is 16.6. The van der Waals surface area contributed by atoms with Crippen LogP contribution in [0.3, 0.4) is 0 Å². The number of hydrogen-bond acceptors (Lipinski definition) is 9. The minimum atomic E-state index is -0.890. The Morgan fingerprint density at radius 2 is 1.67 bits per heavy atom. The quantitative estimate of drug-likeness (QED) is 0.295. The van der Waals surface area contributed by atoms with E-state index in [2.05, 4.69) is 77.5 Å². The molecule has 250 valence electrons. The standard InChI is InChI=1S/C34H63N3O6/c1-21(2)18-36(10)28-14-26(15-28)29-20-41-33(39)25(6)31(38)24(5)32(34(7,40-12)17-22(3)19-37(29)11)43-30-16-27(35(8)9)13-23(4)42-30/h21-30,32H,13-20H2,1-12H3/t22-,23-,24+,25-,26?,27+,28?,29+,30+,32-,34-/m1/s1. The summed E-state index contributed by atoms with van der Waals surface area (Å²) in [4.78, 5) is 34.3. The van der Waals surface area contributed by atoms with E-state index < -0.39 is 35.8 Å². The zero-order valence-electron chi connectivity index (χ0n) is 29.3. The predicted molar refractivity (Wildman–Crippen MR) is 170 cm³/mol. The molecule has 0 radical (unpaired) electrons. The first-order valence-corrected chi connectivity index (χ1v) is 16.7. The van der Waals surface area contributed by atoms with E-state index in [1.165, 1.54) is 0 Å². The maximum Gasteiger partial charge on any atom is 0.316 e. The second-order valence-corrected chi connectivity index (χ2v) is 15.1. The van der Waals surface area contributed by atoms with E-state index in [4.69, 9.17) is 18.9 Å². The molecule has 0 spiro atoms. The van der Waals surface area contributed by atoms with E-state index in [1.807, 2.05) is 6.92 Å². The smallest absolute Gasteiger partial charge is 0.316 e. The highest BCUT2D eigenvalue weighted by molar-refractivity contribution is 5.99. The van der Waals surface area contributed by atoms with Crippen molar-refractivity contribution in [3.8, 4) is 0 Å².